The lowest BCUT2D eigenvalue weighted by molar-refractivity contribution is 0.0903. The van der Waals surface area contributed by atoms with Gasteiger partial charge in [-0.25, -0.2) is 18.0 Å². The Bertz CT molecular complexity index is 691. The number of fused-ring (bicyclic) bond motifs is 1. The third-order valence-electron chi connectivity index (χ3n) is 3.57. The Morgan fingerprint density at radius 2 is 1.86 bits per heavy atom. The molecule has 2 aromatic carbocycles. The number of rotatable bonds is 3. The summed E-state index contributed by atoms with van der Waals surface area (Å²) < 4.78 is 39.3. The minimum atomic E-state index is -2.67. The van der Waals surface area contributed by atoms with Gasteiger partial charge >= 0.3 is 6.03 Å². The quantitative estimate of drug-likeness (QED) is 0.912. The monoisotopic (exact) mass is 306 g/mol. The van der Waals surface area contributed by atoms with Gasteiger partial charge in [0.25, 0.3) is 6.43 Å². The highest BCUT2D eigenvalue weighted by Crippen LogP contribution is 2.38. The first kappa shape index (κ1) is 14.4. The van der Waals surface area contributed by atoms with E-state index in [1.54, 1.807) is 30.3 Å². The molecule has 0 saturated heterocycles. The molecule has 0 saturated carbocycles. The lowest BCUT2D eigenvalue weighted by Crippen LogP contribution is -2.45. The fourth-order valence-electron chi connectivity index (χ4n) is 2.68. The van der Waals surface area contributed by atoms with Crippen LogP contribution in [0.15, 0.2) is 48.5 Å². The molecule has 22 heavy (non-hydrogen) atoms. The SMILES string of the molecule is O=C1Nc2ccc(F)cc2C(c2ccccc2)N1CC(F)F. The van der Waals surface area contributed by atoms with Crippen LogP contribution in [-0.4, -0.2) is 23.9 Å². The van der Waals surface area contributed by atoms with E-state index in [0.29, 0.717) is 16.8 Å². The van der Waals surface area contributed by atoms with E-state index in [1.165, 1.54) is 18.2 Å². The maximum Gasteiger partial charge on any atom is 0.322 e. The van der Waals surface area contributed by atoms with Crippen LogP contribution >= 0.6 is 0 Å². The zero-order valence-corrected chi connectivity index (χ0v) is 11.5. The summed E-state index contributed by atoms with van der Waals surface area (Å²) in [6.45, 7) is -0.721. The smallest absolute Gasteiger partial charge is 0.308 e. The molecule has 0 aliphatic carbocycles. The first-order valence-electron chi connectivity index (χ1n) is 6.76. The fraction of sp³-hybridized carbons (Fsp3) is 0.188. The van der Waals surface area contributed by atoms with Crippen LogP contribution in [0.1, 0.15) is 17.2 Å². The average Bonchev–Trinajstić information content (AvgIpc) is 2.49. The Balaban J connectivity index is 2.13. The summed E-state index contributed by atoms with van der Waals surface area (Å²) >= 11 is 0. The number of hydrogen-bond donors (Lipinski definition) is 1. The largest absolute Gasteiger partial charge is 0.322 e. The first-order chi connectivity index (χ1) is 10.6. The van der Waals surface area contributed by atoms with Crippen LogP contribution in [0.25, 0.3) is 0 Å². The zero-order valence-electron chi connectivity index (χ0n) is 11.5. The molecule has 3 nitrogen and oxygen atoms in total. The van der Waals surface area contributed by atoms with Crippen molar-refractivity contribution < 1.29 is 18.0 Å². The van der Waals surface area contributed by atoms with Crippen molar-refractivity contribution in [1.29, 1.82) is 0 Å². The van der Waals surface area contributed by atoms with E-state index in [0.717, 1.165) is 4.90 Å². The van der Waals surface area contributed by atoms with Crippen molar-refractivity contribution in [3.8, 4) is 0 Å². The predicted octanol–water partition coefficient (Wildman–Crippen LogP) is 4.03. The highest BCUT2D eigenvalue weighted by molar-refractivity contribution is 5.93. The number of alkyl halides is 2. The third-order valence-corrected chi connectivity index (χ3v) is 3.57. The van der Waals surface area contributed by atoms with Crippen molar-refractivity contribution in [2.75, 3.05) is 11.9 Å². The summed E-state index contributed by atoms with van der Waals surface area (Å²) in [5, 5.41) is 2.53. The van der Waals surface area contributed by atoms with Crippen molar-refractivity contribution in [3.63, 3.8) is 0 Å². The summed E-state index contributed by atoms with van der Waals surface area (Å²) in [5.74, 6) is -0.479. The van der Waals surface area contributed by atoms with Crippen LogP contribution in [-0.2, 0) is 0 Å². The van der Waals surface area contributed by atoms with Crippen molar-refractivity contribution in [2.24, 2.45) is 0 Å². The Hall–Kier alpha value is -2.50. The van der Waals surface area contributed by atoms with Gasteiger partial charge in [-0.2, -0.15) is 0 Å². The van der Waals surface area contributed by atoms with E-state index < -0.39 is 30.9 Å². The number of carbonyl (C=O) groups is 1. The molecule has 6 heteroatoms. The lowest BCUT2D eigenvalue weighted by atomic mass is 9.94. The van der Waals surface area contributed by atoms with Crippen LogP contribution in [0.2, 0.25) is 0 Å². The molecule has 0 bridgehead atoms. The van der Waals surface area contributed by atoms with Gasteiger partial charge in [0.15, 0.2) is 0 Å². The molecule has 114 valence electrons. The molecule has 0 fully saturated rings. The molecule has 3 rings (SSSR count). The third kappa shape index (κ3) is 2.64. The van der Waals surface area contributed by atoms with E-state index in [2.05, 4.69) is 5.32 Å². The number of nitrogens with zero attached hydrogens (tertiary/aromatic N) is 1. The summed E-state index contributed by atoms with van der Waals surface area (Å²) in [4.78, 5) is 13.2. The van der Waals surface area contributed by atoms with Crippen LogP contribution in [0.4, 0.5) is 23.7 Å². The molecule has 1 heterocycles. The molecular weight excluding hydrogens is 293 g/mol. The van der Waals surface area contributed by atoms with Crippen LogP contribution in [0.5, 0.6) is 0 Å². The molecule has 1 atom stereocenters. The average molecular weight is 306 g/mol. The number of anilines is 1. The maximum absolute atomic E-state index is 13.6. The fourth-order valence-corrected chi connectivity index (χ4v) is 2.68. The van der Waals surface area contributed by atoms with Gasteiger partial charge < -0.3 is 10.2 Å². The molecule has 0 aromatic heterocycles. The molecule has 0 spiro atoms. The van der Waals surface area contributed by atoms with Gasteiger partial charge in [-0.1, -0.05) is 30.3 Å². The minimum Gasteiger partial charge on any atom is -0.308 e. The summed E-state index contributed by atoms with van der Waals surface area (Å²) in [5.41, 5.74) is 1.56. The summed E-state index contributed by atoms with van der Waals surface area (Å²) in [6, 6.07) is 11.3. The van der Waals surface area contributed by atoms with E-state index in [-0.39, 0.29) is 0 Å². The van der Waals surface area contributed by atoms with E-state index in [1.807, 2.05) is 0 Å². The second-order valence-corrected chi connectivity index (χ2v) is 5.02. The molecule has 2 aromatic rings. The number of nitrogens with one attached hydrogen (secondary N) is 1. The Morgan fingerprint density at radius 1 is 1.14 bits per heavy atom. The van der Waals surface area contributed by atoms with Crippen molar-refractivity contribution >= 4 is 11.7 Å². The van der Waals surface area contributed by atoms with E-state index >= 15 is 0 Å². The number of halogens is 3. The standard InChI is InChI=1S/C16H13F3N2O/c17-11-6-7-13-12(8-11)15(10-4-2-1-3-5-10)21(9-14(18)19)16(22)20-13/h1-8,14-15H,9H2,(H,20,22). The predicted molar refractivity (Wildman–Crippen MR) is 76.4 cm³/mol. The number of hydrogen-bond acceptors (Lipinski definition) is 1. The van der Waals surface area contributed by atoms with Gasteiger partial charge in [0.05, 0.1) is 12.6 Å². The zero-order chi connectivity index (χ0) is 15.7. The van der Waals surface area contributed by atoms with Crippen LogP contribution in [0.3, 0.4) is 0 Å². The second kappa shape index (κ2) is 5.71. The van der Waals surface area contributed by atoms with Crippen LogP contribution in [0, 0.1) is 5.82 Å². The van der Waals surface area contributed by atoms with Gasteiger partial charge in [0.1, 0.15) is 5.82 Å². The van der Waals surface area contributed by atoms with Crippen molar-refractivity contribution in [1.82, 2.24) is 4.90 Å². The first-order valence-corrected chi connectivity index (χ1v) is 6.76. The van der Waals surface area contributed by atoms with Gasteiger partial charge in [0, 0.05) is 11.3 Å². The normalized spacial score (nSPS) is 17.4. The highest BCUT2D eigenvalue weighted by Gasteiger charge is 2.35. The van der Waals surface area contributed by atoms with Crippen molar-refractivity contribution in [2.45, 2.75) is 12.5 Å². The topological polar surface area (TPSA) is 32.3 Å². The summed E-state index contributed by atoms with van der Waals surface area (Å²) in [7, 11) is 0. The molecule has 2 amide bonds. The number of benzene rings is 2. The van der Waals surface area contributed by atoms with Gasteiger partial charge in [0.2, 0.25) is 0 Å². The number of amides is 2. The molecule has 1 unspecified atom stereocenters. The molecule has 1 aliphatic rings. The molecular formula is C16H13F3N2O. The Labute approximate surface area is 125 Å². The lowest BCUT2D eigenvalue weighted by Gasteiger charge is -2.37. The van der Waals surface area contributed by atoms with Crippen LogP contribution < -0.4 is 5.32 Å². The van der Waals surface area contributed by atoms with Gasteiger partial charge in [-0.3, -0.25) is 0 Å². The van der Waals surface area contributed by atoms with Gasteiger partial charge in [-0.15, -0.1) is 0 Å². The Morgan fingerprint density at radius 3 is 2.55 bits per heavy atom. The number of urea groups is 1. The molecule has 1 N–H and O–H groups in total. The molecule has 1 aliphatic heterocycles. The summed E-state index contributed by atoms with van der Waals surface area (Å²) in [6.07, 6.45) is -2.67. The highest BCUT2D eigenvalue weighted by atomic mass is 19.3. The van der Waals surface area contributed by atoms with Crippen molar-refractivity contribution in [3.05, 3.63) is 65.5 Å². The second-order valence-electron chi connectivity index (χ2n) is 5.02. The minimum absolute atomic E-state index is 0.436. The maximum atomic E-state index is 13.6. The van der Waals surface area contributed by atoms with Gasteiger partial charge in [-0.05, 0) is 23.8 Å². The van der Waals surface area contributed by atoms with E-state index in [4.69, 9.17) is 0 Å². The van der Waals surface area contributed by atoms with E-state index in [9.17, 15) is 18.0 Å². The number of carbonyl (C=O) groups excluding carboxylic acids is 1. The Kier molecular flexibility index (Phi) is 3.75. The molecule has 0 radical (unpaired) electrons.